The smallest absolute Gasteiger partial charge is 0.162 e. The number of benzene rings is 6. The molecular formula is C40H25N5. The van der Waals surface area contributed by atoms with Gasteiger partial charge in [-0.05, 0) is 72.1 Å². The molecule has 210 valence electrons. The number of rotatable bonds is 3. The number of hydrogen-bond donors (Lipinski definition) is 0. The first kappa shape index (κ1) is 24.3. The van der Waals surface area contributed by atoms with Gasteiger partial charge in [0, 0.05) is 39.3 Å². The Kier molecular flexibility index (Phi) is 4.93. The van der Waals surface area contributed by atoms with Crippen molar-refractivity contribution in [2.45, 2.75) is 0 Å². The van der Waals surface area contributed by atoms with Crippen LogP contribution in [-0.2, 0) is 0 Å². The van der Waals surface area contributed by atoms with Gasteiger partial charge in [-0.25, -0.2) is 9.97 Å². The van der Waals surface area contributed by atoms with Crippen molar-refractivity contribution in [1.82, 2.24) is 23.5 Å². The van der Waals surface area contributed by atoms with Gasteiger partial charge >= 0.3 is 0 Å². The second-order valence-electron chi connectivity index (χ2n) is 11.5. The molecular weight excluding hydrogens is 550 g/mol. The topological polar surface area (TPSA) is 40.0 Å². The molecule has 4 aromatic heterocycles. The van der Waals surface area contributed by atoms with Crippen LogP contribution < -0.4 is 0 Å². The lowest BCUT2D eigenvalue weighted by atomic mass is 10.1. The van der Waals surface area contributed by atoms with Crippen molar-refractivity contribution in [3.8, 4) is 22.8 Å². The Balaban J connectivity index is 1.27. The minimum atomic E-state index is 0.920. The Bertz CT molecular complexity index is 2750. The molecule has 0 aliphatic rings. The fourth-order valence-electron chi connectivity index (χ4n) is 7.05. The molecule has 4 heterocycles. The van der Waals surface area contributed by atoms with E-state index >= 15 is 0 Å². The number of pyridine rings is 1. The summed E-state index contributed by atoms with van der Waals surface area (Å²) >= 11 is 0. The minimum Gasteiger partial charge on any atom is -0.305 e. The van der Waals surface area contributed by atoms with E-state index in [0.717, 1.165) is 56.0 Å². The molecule has 5 heteroatoms. The van der Waals surface area contributed by atoms with Crippen LogP contribution in [0, 0.1) is 0 Å². The summed E-state index contributed by atoms with van der Waals surface area (Å²) in [5.74, 6) is 0.920. The zero-order valence-corrected chi connectivity index (χ0v) is 24.2. The summed E-state index contributed by atoms with van der Waals surface area (Å²) in [6, 6.07) is 51.3. The summed E-state index contributed by atoms with van der Waals surface area (Å²) in [5.41, 5.74) is 10.6. The van der Waals surface area contributed by atoms with Crippen molar-refractivity contribution < 1.29 is 0 Å². The van der Waals surface area contributed by atoms with Gasteiger partial charge in [0.15, 0.2) is 5.65 Å². The van der Waals surface area contributed by atoms with Crippen LogP contribution in [0.3, 0.4) is 0 Å². The molecule has 0 spiro atoms. The molecule has 0 amide bonds. The average Bonchev–Trinajstić information content (AvgIpc) is 3.78. The van der Waals surface area contributed by atoms with E-state index < -0.39 is 0 Å². The Morgan fingerprint density at radius 2 is 1.09 bits per heavy atom. The third-order valence-electron chi connectivity index (χ3n) is 9.05. The molecule has 10 aromatic rings. The summed E-state index contributed by atoms with van der Waals surface area (Å²) in [6.07, 6.45) is 2.16. The summed E-state index contributed by atoms with van der Waals surface area (Å²) in [5, 5.41) is 4.84. The highest BCUT2D eigenvalue weighted by Crippen LogP contribution is 2.39. The summed E-state index contributed by atoms with van der Waals surface area (Å²) in [7, 11) is 0. The van der Waals surface area contributed by atoms with Gasteiger partial charge in [0.05, 0.1) is 33.1 Å². The Morgan fingerprint density at radius 3 is 1.93 bits per heavy atom. The standard InChI is InChI=1S/C40H25N5/c1-2-11-28(12-3-1)44-36-17-9-7-15-34(36)41-39(44)27-18-21-29(22-19-27)45-37-30-13-5-4-10-26(30)20-23-31(37)32-24-25-43-35-16-8-6-14-33(35)42-40(43)38(32)45/h1-25H. The van der Waals surface area contributed by atoms with Crippen LogP contribution in [0.4, 0.5) is 0 Å². The Hall–Kier alpha value is -6.20. The first-order chi connectivity index (χ1) is 22.3. The van der Waals surface area contributed by atoms with Crippen LogP contribution >= 0.6 is 0 Å². The van der Waals surface area contributed by atoms with Crippen LogP contribution in [0.25, 0.3) is 83.1 Å². The predicted molar refractivity (Wildman–Crippen MR) is 185 cm³/mol. The second kappa shape index (κ2) is 9.15. The average molecular weight is 576 g/mol. The molecule has 0 aliphatic carbocycles. The van der Waals surface area contributed by atoms with E-state index in [1.165, 1.54) is 27.1 Å². The maximum Gasteiger partial charge on any atom is 0.162 e. The molecule has 0 saturated carbocycles. The van der Waals surface area contributed by atoms with Crippen LogP contribution in [0.5, 0.6) is 0 Å². The SMILES string of the molecule is c1ccc(-n2c(-c3ccc(-n4c5c6ccccc6ccc5c5ccn6c7ccccc7nc6c54)cc3)nc3ccccc32)cc1. The lowest BCUT2D eigenvalue weighted by molar-refractivity contribution is 1.10. The molecule has 45 heavy (non-hydrogen) atoms. The van der Waals surface area contributed by atoms with Crippen molar-refractivity contribution in [3.63, 3.8) is 0 Å². The van der Waals surface area contributed by atoms with Crippen LogP contribution in [0.15, 0.2) is 152 Å². The number of aromatic nitrogens is 5. The highest BCUT2D eigenvalue weighted by Gasteiger charge is 2.20. The van der Waals surface area contributed by atoms with Crippen molar-refractivity contribution in [1.29, 1.82) is 0 Å². The van der Waals surface area contributed by atoms with Gasteiger partial charge in [0.2, 0.25) is 0 Å². The molecule has 0 radical (unpaired) electrons. The lowest BCUT2D eigenvalue weighted by Crippen LogP contribution is -1.99. The molecule has 5 nitrogen and oxygen atoms in total. The number of nitrogens with zero attached hydrogens (tertiary/aromatic N) is 5. The maximum atomic E-state index is 5.17. The minimum absolute atomic E-state index is 0.920. The zero-order valence-electron chi connectivity index (χ0n) is 24.2. The first-order valence-electron chi connectivity index (χ1n) is 15.2. The van der Waals surface area contributed by atoms with E-state index in [1.54, 1.807) is 0 Å². The number of imidazole rings is 2. The van der Waals surface area contributed by atoms with E-state index in [1.807, 2.05) is 12.1 Å². The summed E-state index contributed by atoms with van der Waals surface area (Å²) in [4.78, 5) is 10.3. The third kappa shape index (κ3) is 3.43. The Morgan fingerprint density at radius 1 is 0.422 bits per heavy atom. The zero-order chi connectivity index (χ0) is 29.5. The molecule has 0 saturated heterocycles. The fourth-order valence-corrected chi connectivity index (χ4v) is 7.05. The molecule has 6 aromatic carbocycles. The molecule has 0 atom stereocenters. The van der Waals surface area contributed by atoms with Crippen LogP contribution in [0.2, 0.25) is 0 Å². The maximum absolute atomic E-state index is 5.17. The second-order valence-corrected chi connectivity index (χ2v) is 11.5. The molecule has 0 unspecified atom stereocenters. The number of hydrogen-bond acceptors (Lipinski definition) is 2. The first-order valence-corrected chi connectivity index (χ1v) is 15.2. The predicted octanol–water partition coefficient (Wildman–Crippen LogP) is 9.74. The molecule has 0 fully saturated rings. The van der Waals surface area contributed by atoms with Gasteiger partial charge in [-0.3, -0.25) is 8.97 Å². The highest BCUT2D eigenvalue weighted by atomic mass is 15.1. The van der Waals surface area contributed by atoms with Gasteiger partial charge in [0.25, 0.3) is 0 Å². The van der Waals surface area contributed by atoms with E-state index in [9.17, 15) is 0 Å². The van der Waals surface area contributed by atoms with Crippen molar-refractivity contribution >= 4 is 60.3 Å². The Labute approximate surface area is 257 Å². The van der Waals surface area contributed by atoms with Crippen LogP contribution in [-0.4, -0.2) is 23.5 Å². The quantitative estimate of drug-likeness (QED) is 0.210. The van der Waals surface area contributed by atoms with Gasteiger partial charge in [0.1, 0.15) is 5.82 Å². The molecule has 0 bridgehead atoms. The third-order valence-corrected chi connectivity index (χ3v) is 9.05. The summed E-state index contributed by atoms with van der Waals surface area (Å²) in [6.45, 7) is 0. The lowest BCUT2D eigenvalue weighted by Gasteiger charge is -2.12. The van der Waals surface area contributed by atoms with E-state index in [2.05, 4.69) is 153 Å². The van der Waals surface area contributed by atoms with Crippen LogP contribution in [0.1, 0.15) is 0 Å². The highest BCUT2D eigenvalue weighted by molar-refractivity contribution is 6.21. The van der Waals surface area contributed by atoms with Crippen molar-refractivity contribution in [3.05, 3.63) is 152 Å². The van der Waals surface area contributed by atoms with E-state index in [0.29, 0.717) is 0 Å². The van der Waals surface area contributed by atoms with E-state index in [-0.39, 0.29) is 0 Å². The normalized spacial score (nSPS) is 12.0. The molecule has 0 N–H and O–H groups in total. The summed E-state index contributed by atoms with van der Waals surface area (Å²) < 4.78 is 6.86. The number of fused-ring (bicyclic) bond motifs is 10. The van der Waals surface area contributed by atoms with Crippen molar-refractivity contribution in [2.75, 3.05) is 0 Å². The molecule has 10 rings (SSSR count). The number of para-hydroxylation sites is 5. The van der Waals surface area contributed by atoms with Gasteiger partial charge in [-0.1, -0.05) is 78.9 Å². The largest absolute Gasteiger partial charge is 0.305 e. The van der Waals surface area contributed by atoms with Crippen molar-refractivity contribution in [2.24, 2.45) is 0 Å². The van der Waals surface area contributed by atoms with Gasteiger partial charge in [-0.2, -0.15) is 0 Å². The molecule has 0 aliphatic heterocycles. The van der Waals surface area contributed by atoms with Gasteiger partial charge < -0.3 is 4.57 Å². The van der Waals surface area contributed by atoms with E-state index in [4.69, 9.17) is 9.97 Å². The fraction of sp³-hybridized carbons (Fsp3) is 0. The van der Waals surface area contributed by atoms with Gasteiger partial charge in [-0.15, -0.1) is 0 Å². The monoisotopic (exact) mass is 575 g/mol.